The number of nitrogens with zero attached hydrogens (tertiary/aromatic N) is 2. The highest BCUT2D eigenvalue weighted by molar-refractivity contribution is 5.92. The van der Waals surface area contributed by atoms with Crippen molar-refractivity contribution in [3.05, 3.63) is 90.0 Å². The maximum absolute atomic E-state index is 13.9. The second-order valence-electron chi connectivity index (χ2n) is 9.70. The number of aromatic amines is 1. The molecular weight excluding hydrogens is 470 g/mol. The van der Waals surface area contributed by atoms with Crippen molar-refractivity contribution in [1.29, 1.82) is 0 Å². The molecule has 9 nitrogen and oxygen atoms in total. The molecule has 0 spiro atoms. The lowest BCUT2D eigenvalue weighted by Crippen LogP contribution is -2.59. The summed E-state index contributed by atoms with van der Waals surface area (Å²) in [6.07, 6.45) is 3.42. The number of ketones is 1. The van der Waals surface area contributed by atoms with Crippen LogP contribution in [0.3, 0.4) is 0 Å². The Hall–Kier alpha value is -3.98. The molecule has 0 bridgehead atoms. The van der Waals surface area contributed by atoms with E-state index in [1.165, 1.54) is 17.4 Å². The average Bonchev–Trinajstić information content (AvgIpc) is 3.39. The van der Waals surface area contributed by atoms with E-state index in [0.29, 0.717) is 5.69 Å². The molecule has 1 unspecified atom stereocenters. The quantitative estimate of drug-likeness (QED) is 0.295. The summed E-state index contributed by atoms with van der Waals surface area (Å²) in [7, 11) is 0. The van der Waals surface area contributed by atoms with Gasteiger partial charge in [-0.1, -0.05) is 67.1 Å². The molecular formula is C28H33N5O4. The van der Waals surface area contributed by atoms with Gasteiger partial charge in [-0.15, -0.1) is 0 Å². The van der Waals surface area contributed by atoms with Gasteiger partial charge in [-0.25, -0.2) is 9.78 Å². The molecule has 1 aromatic heterocycles. The Labute approximate surface area is 216 Å². The first-order valence-electron chi connectivity index (χ1n) is 12.5. The fraction of sp³-hybridized carbons (Fsp3) is 0.357. The predicted molar refractivity (Wildman–Crippen MR) is 139 cm³/mol. The summed E-state index contributed by atoms with van der Waals surface area (Å²) in [4.78, 5) is 47.4. The number of Topliss-reactive ketones (excluding diaryl/α,β-unsaturated/α-hetero) is 1. The number of nitrogens with two attached hydrogens (primary N) is 1. The van der Waals surface area contributed by atoms with Crippen LogP contribution in [0.4, 0.5) is 4.79 Å². The zero-order valence-corrected chi connectivity index (χ0v) is 20.8. The molecule has 1 aliphatic rings. The molecule has 3 atom stereocenters. The Morgan fingerprint density at radius 1 is 1.11 bits per heavy atom. The number of nitrogens with one attached hydrogen (secondary N) is 2. The smallest absolute Gasteiger partial charge is 0.405 e. The van der Waals surface area contributed by atoms with Crippen LogP contribution in [-0.4, -0.2) is 50.0 Å². The number of benzene rings is 2. The van der Waals surface area contributed by atoms with Crippen LogP contribution in [0.15, 0.2) is 73.2 Å². The highest BCUT2D eigenvalue weighted by Gasteiger charge is 2.43. The topological polar surface area (TPSA) is 141 Å². The molecule has 0 aliphatic heterocycles. The molecule has 5 N–H and O–H groups in total. The third kappa shape index (κ3) is 5.89. The first-order chi connectivity index (χ1) is 17.8. The van der Waals surface area contributed by atoms with Crippen molar-refractivity contribution < 1.29 is 19.5 Å². The van der Waals surface area contributed by atoms with E-state index in [1.807, 2.05) is 60.7 Å². The van der Waals surface area contributed by atoms with Crippen LogP contribution < -0.4 is 11.1 Å². The number of carboxylic acid groups (broad SMARTS) is 1. The molecule has 37 heavy (non-hydrogen) atoms. The van der Waals surface area contributed by atoms with Crippen LogP contribution in [0, 0.1) is 0 Å². The van der Waals surface area contributed by atoms with Crippen molar-refractivity contribution in [2.75, 3.05) is 0 Å². The van der Waals surface area contributed by atoms with Crippen molar-refractivity contribution in [2.45, 2.75) is 62.7 Å². The van der Waals surface area contributed by atoms with Gasteiger partial charge in [0.15, 0.2) is 5.78 Å². The highest BCUT2D eigenvalue weighted by atomic mass is 16.4. The molecule has 4 rings (SSSR count). The standard InChI is InChI=1S/C28H33N5O4/c1-19(20-9-4-2-5-10-20)33(26(35)23(32-27(36)37)15-22-17-30-18-31-22)25(29)24(34)16-28(13-8-14-28)21-11-6-3-7-12-21/h2-7,9-12,17-19,23,25,32H,8,13-16,29H2,1H3,(H,30,31)(H,36,37)/t19-,23-,25?/m0/s1. The number of hydrogen-bond acceptors (Lipinski definition) is 5. The number of H-pyrrole nitrogens is 1. The molecule has 3 aromatic rings. The largest absolute Gasteiger partial charge is 0.465 e. The summed E-state index contributed by atoms with van der Waals surface area (Å²) in [6.45, 7) is 1.80. The number of hydrogen-bond donors (Lipinski definition) is 4. The van der Waals surface area contributed by atoms with Crippen LogP contribution in [-0.2, 0) is 21.4 Å². The Morgan fingerprint density at radius 2 is 1.76 bits per heavy atom. The van der Waals surface area contributed by atoms with Gasteiger partial charge in [0.25, 0.3) is 0 Å². The third-order valence-corrected chi connectivity index (χ3v) is 7.37. The molecule has 194 valence electrons. The van der Waals surface area contributed by atoms with E-state index < -0.39 is 30.2 Å². The van der Waals surface area contributed by atoms with Crippen molar-refractivity contribution in [3.63, 3.8) is 0 Å². The normalized spacial score (nSPS) is 16.6. The average molecular weight is 504 g/mol. The highest BCUT2D eigenvalue weighted by Crippen LogP contribution is 2.47. The molecule has 1 saturated carbocycles. The van der Waals surface area contributed by atoms with Gasteiger partial charge in [0.05, 0.1) is 12.4 Å². The van der Waals surface area contributed by atoms with Gasteiger partial charge in [0.1, 0.15) is 12.2 Å². The van der Waals surface area contributed by atoms with Gasteiger partial charge in [0, 0.05) is 30.1 Å². The Bertz CT molecular complexity index is 1200. The molecule has 0 radical (unpaired) electrons. The number of carbonyl (C=O) groups excluding carboxylic acids is 2. The van der Waals surface area contributed by atoms with E-state index in [4.69, 9.17) is 5.73 Å². The van der Waals surface area contributed by atoms with Gasteiger partial charge in [-0.05, 0) is 30.9 Å². The van der Waals surface area contributed by atoms with E-state index >= 15 is 0 Å². The minimum atomic E-state index is -1.34. The van der Waals surface area contributed by atoms with E-state index in [-0.39, 0.29) is 24.0 Å². The van der Waals surface area contributed by atoms with Gasteiger partial charge >= 0.3 is 6.09 Å². The SMILES string of the molecule is C[C@@H](c1ccccc1)N(C(=O)[C@H](Cc1cnc[nH]1)NC(=O)O)C(N)C(=O)CC1(c2ccccc2)CCC1. The summed E-state index contributed by atoms with van der Waals surface area (Å²) >= 11 is 0. The monoisotopic (exact) mass is 503 g/mol. The van der Waals surface area contributed by atoms with Gasteiger partial charge in [-0.2, -0.15) is 0 Å². The summed E-state index contributed by atoms with van der Waals surface area (Å²) in [5, 5.41) is 11.8. The van der Waals surface area contributed by atoms with Crippen LogP contribution in [0.1, 0.15) is 55.5 Å². The number of amides is 2. The van der Waals surface area contributed by atoms with Crippen molar-refractivity contribution in [2.24, 2.45) is 5.73 Å². The lowest BCUT2D eigenvalue weighted by Gasteiger charge is -2.44. The Morgan fingerprint density at radius 3 is 2.30 bits per heavy atom. The molecule has 1 heterocycles. The van der Waals surface area contributed by atoms with E-state index in [2.05, 4.69) is 15.3 Å². The Kier molecular flexibility index (Phi) is 8.03. The van der Waals surface area contributed by atoms with Gasteiger partial charge in [-0.3, -0.25) is 9.59 Å². The summed E-state index contributed by atoms with van der Waals surface area (Å²) < 4.78 is 0. The van der Waals surface area contributed by atoms with Crippen molar-refractivity contribution in [1.82, 2.24) is 20.2 Å². The van der Waals surface area contributed by atoms with Crippen LogP contribution in [0.2, 0.25) is 0 Å². The number of imidazole rings is 1. The fourth-order valence-electron chi connectivity index (χ4n) is 5.16. The maximum Gasteiger partial charge on any atom is 0.405 e. The van der Waals surface area contributed by atoms with Crippen molar-refractivity contribution in [3.8, 4) is 0 Å². The summed E-state index contributed by atoms with van der Waals surface area (Å²) in [6, 6.07) is 17.5. The van der Waals surface area contributed by atoms with Crippen LogP contribution >= 0.6 is 0 Å². The molecule has 1 aliphatic carbocycles. The minimum Gasteiger partial charge on any atom is -0.465 e. The van der Waals surface area contributed by atoms with Crippen LogP contribution in [0.5, 0.6) is 0 Å². The summed E-state index contributed by atoms with van der Waals surface area (Å²) in [5.74, 6) is -0.827. The van der Waals surface area contributed by atoms with Gasteiger partial charge in [0.2, 0.25) is 5.91 Å². The number of aromatic nitrogens is 2. The van der Waals surface area contributed by atoms with E-state index in [0.717, 1.165) is 30.4 Å². The Balaban J connectivity index is 1.64. The molecule has 2 aromatic carbocycles. The van der Waals surface area contributed by atoms with E-state index in [9.17, 15) is 19.5 Å². The van der Waals surface area contributed by atoms with Crippen LogP contribution in [0.25, 0.3) is 0 Å². The second kappa shape index (κ2) is 11.4. The zero-order chi connectivity index (χ0) is 26.4. The number of carbonyl (C=O) groups is 3. The lowest BCUT2D eigenvalue weighted by molar-refractivity contribution is -0.144. The molecule has 9 heteroatoms. The maximum atomic E-state index is 13.9. The first kappa shape index (κ1) is 26.1. The fourth-order valence-corrected chi connectivity index (χ4v) is 5.16. The molecule has 2 amide bonds. The van der Waals surface area contributed by atoms with Crippen molar-refractivity contribution >= 4 is 17.8 Å². The lowest BCUT2D eigenvalue weighted by atomic mass is 9.61. The second-order valence-corrected chi connectivity index (χ2v) is 9.70. The minimum absolute atomic E-state index is 0.0397. The molecule has 1 fully saturated rings. The zero-order valence-electron chi connectivity index (χ0n) is 20.8. The van der Waals surface area contributed by atoms with E-state index in [1.54, 1.807) is 6.92 Å². The molecule has 0 saturated heterocycles. The van der Waals surface area contributed by atoms with Gasteiger partial charge < -0.3 is 26.0 Å². The summed E-state index contributed by atoms with van der Waals surface area (Å²) in [5.41, 5.74) is 8.74. The number of rotatable bonds is 11. The predicted octanol–water partition coefficient (Wildman–Crippen LogP) is 3.54. The third-order valence-electron chi connectivity index (χ3n) is 7.37. The first-order valence-corrected chi connectivity index (χ1v) is 12.5.